The summed E-state index contributed by atoms with van der Waals surface area (Å²) in [5.74, 6) is 0. The zero-order valence-corrected chi connectivity index (χ0v) is 9.93. The van der Waals surface area contributed by atoms with Gasteiger partial charge in [0.05, 0.1) is 16.8 Å². The van der Waals surface area contributed by atoms with Gasteiger partial charge in [0.1, 0.15) is 13.1 Å². The first-order valence-corrected chi connectivity index (χ1v) is 5.65. The monoisotopic (exact) mass is 249 g/mol. The van der Waals surface area contributed by atoms with E-state index in [4.69, 9.17) is 11.6 Å². The first kappa shape index (κ1) is 12.0. The van der Waals surface area contributed by atoms with E-state index in [-0.39, 0.29) is 6.54 Å². The number of quaternary nitrogens is 1. The Morgan fingerprint density at radius 1 is 1.35 bits per heavy atom. The van der Waals surface area contributed by atoms with Crippen molar-refractivity contribution in [2.24, 2.45) is 0 Å². The largest absolute Gasteiger partial charge is 0.627 e. The van der Waals surface area contributed by atoms with Crippen LogP contribution in [0.3, 0.4) is 0 Å². The second kappa shape index (κ2) is 4.84. The van der Waals surface area contributed by atoms with Crippen molar-refractivity contribution >= 4 is 17.9 Å². The zero-order valence-electron chi connectivity index (χ0n) is 9.17. The van der Waals surface area contributed by atoms with Crippen LogP contribution in [0.1, 0.15) is 5.56 Å². The van der Waals surface area contributed by atoms with E-state index in [9.17, 15) is 10.0 Å². The van der Waals surface area contributed by atoms with Crippen LogP contribution in [0.4, 0.5) is 0 Å². The second-order valence-electron chi connectivity index (χ2n) is 4.06. The van der Waals surface area contributed by atoms with Gasteiger partial charge in [-0.25, -0.2) is 0 Å². The fourth-order valence-corrected chi connectivity index (χ4v) is 1.98. The minimum absolute atomic E-state index is 0.0910. The molecule has 0 aromatic heterocycles. The van der Waals surface area contributed by atoms with Crippen LogP contribution in [-0.4, -0.2) is 17.5 Å². The van der Waals surface area contributed by atoms with E-state index < -0.39 is 4.65 Å². The van der Waals surface area contributed by atoms with Crippen molar-refractivity contribution in [2.75, 3.05) is 6.54 Å². The summed E-state index contributed by atoms with van der Waals surface area (Å²) in [6.45, 7) is 0.395. The number of hydrogen-bond acceptors (Lipinski definition) is 2. The van der Waals surface area contributed by atoms with Gasteiger partial charge in [0.15, 0.2) is 6.29 Å². The molecule has 17 heavy (non-hydrogen) atoms. The Morgan fingerprint density at radius 2 is 2.06 bits per heavy atom. The van der Waals surface area contributed by atoms with Crippen molar-refractivity contribution in [1.82, 2.24) is 0 Å². The Bertz CT molecular complexity index is 481. The van der Waals surface area contributed by atoms with E-state index >= 15 is 0 Å². The third kappa shape index (κ3) is 2.82. The van der Waals surface area contributed by atoms with E-state index in [1.165, 1.54) is 12.3 Å². The highest BCUT2D eigenvalue weighted by Crippen LogP contribution is 2.24. The van der Waals surface area contributed by atoms with Gasteiger partial charge in [-0.2, -0.15) is 0 Å². The summed E-state index contributed by atoms with van der Waals surface area (Å²) in [5, 5.41) is 12.8. The molecule has 1 atom stereocenters. The van der Waals surface area contributed by atoms with E-state index in [0.717, 1.165) is 5.56 Å². The van der Waals surface area contributed by atoms with Crippen molar-refractivity contribution in [3.8, 4) is 0 Å². The molecule has 1 aromatic carbocycles. The summed E-state index contributed by atoms with van der Waals surface area (Å²) in [6, 6.07) is 9.47. The summed E-state index contributed by atoms with van der Waals surface area (Å²) in [5.41, 5.74) is 1.30. The van der Waals surface area contributed by atoms with E-state index in [1.807, 2.05) is 30.3 Å². The summed E-state index contributed by atoms with van der Waals surface area (Å²) in [4.78, 5) is 10.8. The fraction of sp³-hybridized carbons (Fsp3) is 0.154. The van der Waals surface area contributed by atoms with Crippen molar-refractivity contribution in [3.05, 3.63) is 64.0 Å². The molecule has 2 rings (SSSR count). The molecule has 4 heteroatoms. The predicted molar refractivity (Wildman–Crippen MR) is 66.7 cm³/mol. The average molecular weight is 250 g/mol. The zero-order chi connectivity index (χ0) is 12.3. The highest BCUT2D eigenvalue weighted by Gasteiger charge is 2.22. The predicted octanol–water partition coefficient (Wildman–Crippen LogP) is 2.72. The van der Waals surface area contributed by atoms with Gasteiger partial charge in [-0.15, -0.1) is 0 Å². The minimum atomic E-state index is -0.575. The number of benzene rings is 1. The molecule has 1 aromatic rings. The van der Waals surface area contributed by atoms with E-state index in [2.05, 4.69) is 0 Å². The van der Waals surface area contributed by atoms with Crippen LogP contribution in [-0.2, 0) is 11.3 Å². The van der Waals surface area contributed by atoms with Gasteiger partial charge in [0.2, 0.25) is 0 Å². The lowest BCUT2D eigenvalue weighted by Crippen LogP contribution is -2.39. The third-order valence-corrected chi connectivity index (χ3v) is 3.04. The number of hydrogen-bond donors (Lipinski definition) is 0. The number of allylic oxidation sites excluding steroid dienone is 2. The molecule has 0 bridgehead atoms. The molecule has 1 heterocycles. The third-order valence-electron chi connectivity index (χ3n) is 2.67. The van der Waals surface area contributed by atoms with Crippen molar-refractivity contribution < 1.29 is 9.44 Å². The summed E-state index contributed by atoms with van der Waals surface area (Å²) < 4.78 is -0.575. The van der Waals surface area contributed by atoms with Crippen molar-refractivity contribution in [2.45, 2.75) is 6.54 Å². The Hall–Kier alpha value is -1.42. The van der Waals surface area contributed by atoms with Gasteiger partial charge in [-0.3, -0.25) is 4.79 Å². The lowest BCUT2D eigenvalue weighted by molar-refractivity contribution is -0.838. The molecule has 0 spiro atoms. The average Bonchev–Trinajstić information content (AvgIpc) is 2.34. The Morgan fingerprint density at radius 3 is 2.71 bits per heavy atom. The molecule has 88 valence electrons. The molecule has 0 radical (unpaired) electrons. The Kier molecular flexibility index (Phi) is 3.43. The molecule has 0 aliphatic carbocycles. The van der Waals surface area contributed by atoms with E-state index in [0.29, 0.717) is 23.4 Å². The SMILES string of the molecule is O=CC1=C(Cl)C=C[N+]([O-])(Cc2ccccc2)C1. The summed E-state index contributed by atoms with van der Waals surface area (Å²) >= 11 is 5.83. The maximum absolute atomic E-state index is 12.4. The number of hydroxylamine groups is 3. The van der Waals surface area contributed by atoms with Crippen LogP contribution in [0.2, 0.25) is 0 Å². The van der Waals surface area contributed by atoms with Crippen molar-refractivity contribution in [3.63, 3.8) is 0 Å². The molecule has 1 aliphatic heterocycles. The van der Waals surface area contributed by atoms with E-state index in [1.54, 1.807) is 0 Å². The molecular weight excluding hydrogens is 238 g/mol. The van der Waals surface area contributed by atoms with Gasteiger partial charge in [-0.1, -0.05) is 41.9 Å². The number of carbonyl (C=O) groups is 1. The topological polar surface area (TPSA) is 40.1 Å². The molecule has 0 N–H and O–H groups in total. The highest BCUT2D eigenvalue weighted by atomic mass is 35.5. The van der Waals surface area contributed by atoms with Gasteiger partial charge >= 0.3 is 0 Å². The van der Waals surface area contributed by atoms with Gasteiger partial charge in [0.25, 0.3) is 0 Å². The normalized spacial score (nSPS) is 23.9. The molecule has 3 nitrogen and oxygen atoms in total. The van der Waals surface area contributed by atoms with Crippen LogP contribution < -0.4 is 0 Å². The van der Waals surface area contributed by atoms with Crippen LogP contribution in [0.5, 0.6) is 0 Å². The Balaban J connectivity index is 2.18. The summed E-state index contributed by atoms with van der Waals surface area (Å²) in [7, 11) is 0. The Labute approximate surface area is 105 Å². The van der Waals surface area contributed by atoms with Crippen molar-refractivity contribution in [1.29, 1.82) is 0 Å². The maximum atomic E-state index is 12.4. The number of rotatable bonds is 3. The quantitative estimate of drug-likeness (QED) is 0.469. The first-order chi connectivity index (χ1) is 8.13. The summed E-state index contributed by atoms with van der Waals surface area (Å²) in [6.07, 6.45) is 3.65. The van der Waals surface area contributed by atoms with Crippen LogP contribution in [0.25, 0.3) is 0 Å². The molecule has 1 unspecified atom stereocenters. The van der Waals surface area contributed by atoms with Crippen LogP contribution in [0.15, 0.2) is 53.2 Å². The maximum Gasteiger partial charge on any atom is 0.153 e. The van der Waals surface area contributed by atoms with Gasteiger partial charge in [-0.05, 0) is 0 Å². The fourth-order valence-electron chi connectivity index (χ4n) is 1.82. The number of aldehydes is 1. The lowest BCUT2D eigenvalue weighted by Gasteiger charge is -2.40. The number of halogens is 1. The highest BCUT2D eigenvalue weighted by molar-refractivity contribution is 6.32. The molecular formula is C13H12ClNO2. The molecule has 0 fully saturated rings. The molecule has 0 saturated heterocycles. The molecule has 0 amide bonds. The van der Waals surface area contributed by atoms with Crippen LogP contribution in [0, 0.1) is 5.21 Å². The molecule has 1 aliphatic rings. The van der Waals surface area contributed by atoms with Crippen LogP contribution >= 0.6 is 11.6 Å². The van der Waals surface area contributed by atoms with Gasteiger partial charge in [0, 0.05) is 11.6 Å². The minimum Gasteiger partial charge on any atom is -0.627 e. The standard InChI is InChI=1S/C13H12ClNO2/c14-13-6-7-15(17,9-12(13)10-16)8-11-4-2-1-3-5-11/h1-7,10H,8-9H2. The number of nitrogens with zero attached hydrogens (tertiary/aromatic N) is 1. The molecule has 0 saturated carbocycles. The van der Waals surface area contributed by atoms with Gasteiger partial charge < -0.3 is 9.85 Å². The first-order valence-electron chi connectivity index (χ1n) is 5.28. The lowest BCUT2D eigenvalue weighted by atomic mass is 10.1. The second-order valence-corrected chi connectivity index (χ2v) is 4.47. The number of carbonyl (C=O) groups excluding carboxylic acids is 1. The smallest absolute Gasteiger partial charge is 0.153 e.